The van der Waals surface area contributed by atoms with Crippen molar-refractivity contribution in [2.45, 2.75) is 30.9 Å². The van der Waals surface area contributed by atoms with E-state index in [0.717, 1.165) is 10.5 Å². The maximum atomic E-state index is 12.9. The van der Waals surface area contributed by atoms with Crippen LogP contribution in [-0.2, 0) is 0 Å². The lowest BCUT2D eigenvalue weighted by Crippen LogP contribution is -2.22. The zero-order valence-corrected chi connectivity index (χ0v) is 10.3. The summed E-state index contributed by atoms with van der Waals surface area (Å²) in [4.78, 5) is 1.13. The Morgan fingerprint density at radius 1 is 1.40 bits per heavy atom. The molecular weight excluding hydrogens is 209 g/mol. The highest BCUT2D eigenvalue weighted by Crippen LogP contribution is 2.30. The van der Waals surface area contributed by atoms with E-state index in [1.54, 1.807) is 17.8 Å². The Labute approximate surface area is 95.2 Å². The van der Waals surface area contributed by atoms with Gasteiger partial charge in [0.1, 0.15) is 5.82 Å². The number of nitrogens with two attached hydrogens (primary N) is 1. The van der Waals surface area contributed by atoms with Crippen molar-refractivity contribution in [2.75, 3.05) is 6.54 Å². The first kappa shape index (κ1) is 12.5. The molecule has 0 aliphatic rings. The number of benzene rings is 1. The van der Waals surface area contributed by atoms with Crippen LogP contribution in [0.15, 0.2) is 23.1 Å². The molecule has 1 rings (SSSR count). The molecule has 0 fully saturated rings. The van der Waals surface area contributed by atoms with Gasteiger partial charge >= 0.3 is 0 Å². The molecule has 3 heteroatoms. The second-order valence-electron chi connectivity index (χ2n) is 4.05. The van der Waals surface area contributed by atoms with Crippen molar-refractivity contribution in [3.8, 4) is 0 Å². The molecule has 0 heterocycles. The monoisotopic (exact) mass is 227 g/mol. The third-order valence-electron chi connectivity index (χ3n) is 2.39. The van der Waals surface area contributed by atoms with Gasteiger partial charge in [-0.15, -0.1) is 11.8 Å². The molecule has 2 N–H and O–H groups in total. The van der Waals surface area contributed by atoms with Crippen molar-refractivity contribution in [1.29, 1.82) is 0 Å². The topological polar surface area (TPSA) is 26.0 Å². The van der Waals surface area contributed by atoms with Gasteiger partial charge in [0.15, 0.2) is 0 Å². The molecule has 1 atom stereocenters. The van der Waals surface area contributed by atoms with Crippen LogP contribution < -0.4 is 5.73 Å². The molecule has 1 unspecified atom stereocenters. The van der Waals surface area contributed by atoms with E-state index in [4.69, 9.17) is 5.73 Å². The van der Waals surface area contributed by atoms with Crippen molar-refractivity contribution >= 4 is 11.8 Å². The van der Waals surface area contributed by atoms with E-state index >= 15 is 0 Å². The van der Waals surface area contributed by atoms with Gasteiger partial charge in [0.05, 0.1) is 0 Å². The summed E-state index contributed by atoms with van der Waals surface area (Å²) in [6, 6.07) is 4.90. The minimum absolute atomic E-state index is 0.175. The predicted molar refractivity (Wildman–Crippen MR) is 64.7 cm³/mol. The maximum Gasteiger partial charge on any atom is 0.123 e. The van der Waals surface area contributed by atoms with Crippen LogP contribution in [0.5, 0.6) is 0 Å². The second-order valence-corrected chi connectivity index (χ2v) is 5.33. The highest BCUT2D eigenvalue weighted by Gasteiger charge is 2.14. The first-order chi connectivity index (χ1) is 7.04. The molecule has 0 radical (unpaired) electrons. The van der Waals surface area contributed by atoms with Gasteiger partial charge in [-0.25, -0.2) is 4.39 Å². The van der Waals surface area contributed by atoms with E-state index < -0.39 is 0 Å². The van der Waals surface area contributed by atoms with Gasteiger partial charge < -0.3 is 5.73 Å². The Hall–Kier alpha value is -0.540. The van der Waals surface area contributed by atoms with Crippen LogP contribution in [0, 0.1) is 18.7 Å². The molecule has 1 aromatic carbocycles. The fourth-order valence-electron chi connectivity index (χ4n) is 1.36. The molecular formula is C12H18FNS. The van der Waals surface area contributed by atoms with Crippen LogP contribution in [-0.4, -0.2) is 11.8 Å². The lowest BCUT2D eigenvalue weighted by atomic mass is 10.1. The summed E-state index contributed by atoms with van der Waals surface area (Å²) in [5, 5.41) is 0.397. The van der Waals surface area contributed by atoms with Crippen LogP contribution in [0.4, 0.5) is 4.39 Å². The summed E-state index contributed by atoms with van der Waals surface area (Å²) in [5.74, 6) is 0.357. The Kier molecular flexibility index (Phi) is 4.61. The molecule has 0 saturated carbocycles. The van der Waals surface area contributed by atoms with E-state index in [1.807, 2.05) is 13.0 Å². The Bertz CT molecular complexity index is 325. The average molecular weight is 227 g/mol. The van der Waals surface area contributed by atoms with E-state index in [-0.39, 0.29) is 5.82 Å². The van der Waals surface area contributed by atoms with E-state index in [1.165, 1.54) is 6.07 Å². The zero-order valence-electron chi connectivity index (χ0n) is 9.46. The molecule has 0 spiro atoms. The first-order valence-electron chi connectivity index (χ1n) is 5.17. The Balaban J connectivity index is 2.79. The van der Waals surface area contributed by atoms with Gasteiger partial charge in [-0.2, -0.15) is 0 Å². The number of rotatable bonds is 4. The number of hydrogen-bond acceptors (Lipinski definition) is 2. The van der Waals surface area contributed by atoms with E-state index in [2.05, 4.69) is 13.8 Å². The normalized spacial score (nSPS) is 13.2. The molecule has 1 nitrogen and oxygen atoms in total. The van der Waals surface area contributed by atoms with Gasteiger partial charge in [-0.1, -0.05) is 13.8 Å². The predicted octanol–water partition coefficient (Wildman–Crippen LogP) is 3.21. The lowest BCUT2D eigenvalue weighted by molar-refractivity contribution is 0.612. The number of aryl methyl sites for hydroxylation is 1. The van der Waals surface area contributed by atoms with Crippen LogP contribution >= 0.6 is 11.8 Å². The van der Waals surface area contributed by atoms with Crippen LogP contribution in [0.1, 0.15) is 19.4 Å². The molecule has 0 amide bonds. The van der Waals surface area contributed by atoms with Crippen molar-refractivity contribution in [1.82, 2.24) is 0 Å². The summed E-state index contributed by atoms with van der Waals surface area (Å²) >= 11 is 1.74. The van der Waals surface area contributed by atoms with Gasteiger partial charge in [0, 0.05) is 16.7 Å². The minimum atomic E-state index is -0.175. The van der Waals surface area contributed by atoms with Gasteiger partial charge in [0.2, 0.25) is 0 Å². The van der Waals surface area contributed by atoms with Crippen molar-refractivity contribution in [3.63, 3.8) is 0 Å². The second kappa shape index (κ2) is 5.52. The SMILES string of the molecule is Cc1cc(F)ccc1SC(CN)C(C)C. The quantitative estimate of drug-likeness (QED) is 0.799. The van der Waals surface area contributed by atoms with Crippen molar-refractivity contribution < 1.29 is 4.39 Å². The third kappa shape index (κ3) is 3.50. The van der Waals surface area contributed by atoms with Crippen molar-refractivity contribution in [3.05, 3.63) is 29.6 Å². The molecule has 15 heavy (non-hydrogen) atoms. The summed E-state index contributed by atoms with van der Waals surface area (Å²) in [5.41, 5.74) is 6.69. The molecule has 0 saturated heterocycles. The molecule has 0 aromatic heterocycles. The minimum Gasteiger partial charge on any atom is -0.329 e. The summed E-state index contributed by atoms with van der Waals surface area (Å²) in [6.45, 7) is 6.89. The van der Waals surface area contributed by atoms with Crippen LogP contribution in [0.3, 0.4) is 0 Å². The Morgan fingerprint density at radius 2 is 2.07 bits per heavy atom. The summed E-state index contributed by atoms with van der Waals surface area (Å²) in [6.07, 6.45) is 0. The fourth-order valence-corrected chi connectivity index (χ4v) is 2.45. The lowest BCUT2D eigenvalue weighted by Gasteiger charge is -2.19. The molecule has 0 aliphatic heterocycles. The smallest absolute Gasteiger partial charge is 0.123 e. The fraction of sp³-hybridized carbons (Fsp3) is 0.500. The Morgan fingerprint density at radius 3 is 2.53 bits per heavy atom. The largest absolute Gasteiger partial charge is 0.329 e. The zero-order chi connectivity index (χ0) is 11.4. The van der Waals surface area contributed by atoms with E-state index in [9.17, 15) is 4.39 Å². The van der Waals surface area contributed by atoms with Gasteiger partial charge in [-0.3, -0.25) is 0 Å². The number of hydrogen-bond donors (Lipinski definition) is 1. The van der Waals surface area contributed by atoms with Gasteiger partial charge in [-0.05, 0) is 36.6 Å². The molecule has 0 bridgehead atoms. The highest BCUT2D eigenvalue weighted by molar-refractivity contribution is 8.00. The first-order valence-corrected chi connectivity index (χ1v) is 6.05. The molecule has 84 valence electrons. The summed E-state index contributed by atoms with van der Waals surface area (Å²) < 4.78 is 12.9. The van der Waals surface area contributed by atoms with Gasteiger partial charge in [0.25, 0.3) is 0 Å². The van der Waals surface area contributed by atoms with Crippen LogP contribution in [0.2, 0.25) is 0 Å². The highest BCUT2D eigenvalue weighted by atomic mass is 32.2. The standard InChI is InChI=1S/C12H18FNS/c1-8(2)12(7-14)15-11-5-4-10(13)6-9(11)3/h4-6,8,12H,7,14H2,1-3H3. The van der Waals surface area contributed by atoms with E-state index in [0.29, 0.717) is 17.7 Å². The summed E-state index contributed by atoms with van der Waals surface area (Å²) in [7, 11) is 0. The molecule has 0 aliphatic carbocycles. The number of thioether (sulfide) groups is 1. The average Bonchev–Trinajstić information content (AvgIpc) is 2.16. The number of halogens is 1. The van der Waals surface area contributed by atoms with Crippen molar-refractivity contribution in [2.24, 2.45) is 11.7 Å². The molecule has 1 aromatic rings. The third-order valence-corrected chi connectivity index (χ3v) is 4.14. The maximum absolute atomic E-state index is 12.9. The van der Waals surface area contributed by atoms with Crippen LogP contribution in [0.25, 0.3) is 0 Å².